The molecule has 0 aromatic heterocycles. The number of amides is 3. The van der Waals surface area contributed by atoms with Crippen LogP contribution in [-0.2, 0) is 0 Å². The lowest BCUT2D eigenvalue weighted by atomic mass is 10.0. The zero-order chi connectivity index (χ0) is 17.4. The number of hydrogen-bond donors (Lipinski definition) is 2. The summed E-state index contributed by atoms with van der Waals surface area (Å²) >= 11 is 5.81. The van der Waals surface area contributed by atoms with E-state index in [0.717, 1.165) is 25.9 Å². The fourth-order valence-electron chi connectivity index (χ4n) is 3.28. The third kappa shape index (κ3) is 2.96. The zero-order valence-corrected chi connectivity index (χ0v) is 14.2. The van der Waals surface area contributed by atoms with Crippen LogP contribution in [-0.4, -0.2) is 76.1 Å². The van der Waals surface area contributed by atoms with Crippen molar-refractivity contribution in [1.82, 2.24) is 14.7 Å². The van der Waals surface area contributed by atoms with Crippen molar-refractivity contribution in [2.75, 3.05) is 33.2 Å². The van der Waals surface area contributed by atoms with Crippen LogP contribution >= 0.6 is 11.6 Å². The molecule has 7 nitrogen and oxygen atoms in total. The van der Waals surface area contributed by atoms with Crippen LogP contribution in [0.15, 0.2) is 12.1 Å². The highest BCUT2D eigenvalue weighted by Gasteiger charge is 2.34. The molecule has 3 amide bonds. The maximum Gasteiger partial charge on any atom is 0.320 e. The van der Waals surface area contributed by atoms with E-state index < -0.39 is 11.5 Å². The van der Waals surface area contributed by atoms with Gasteiger partial charge in [-0.2, -0.15) is 0 Å². The van der Waals surface area contributed by atoms with Gasteiger partial charge >= 0.3 is 6.03 Å². The van der Waals surface area contributed by atoms with Crippen LogP contribution in [0.25, 0.3) is 0 Å². The summed E-state index contributed by atoms with van der Waals surface area (Å²) in [6.07, 6.45) is 1.45. The van der Waals surface area contributed by atoms with Gasteiger partial charge in [0, 0.05) is 44.8 Å². The molecule has 2 saturated heterocycles. The molecular formula is C16H20ClN3O4. The summed E-state index contributed by atoms with van der Waals surface area (Å²) < 4.78 is 0. The molecule has 2 fully saturated rings. The number of likely N-dealkylation sites (tertiary alicyclic amines) is 1. The van der Waals surface area contributed by atoms with E-state index in [1.54, 1.807) is 16.8 Å². The number of aromatic hydroxyl groups is 2. The van der Waals surface area contributed by atoms with E-state index in [-0.39, 0.29) is 28.6 Å². The number of rotatable bonds is 2. The molecule has 0 radical (unpaired) electrons. The van der Waals surface area contributed by atoms with E-state index in [1.807, 2.05) is 4.90 Å². The monoisotopic (exact) mass is 353 g/mol. The summed E-state index contributed by atoms with van der Waals surface area (Å²) in [5.74, 6) is -1.08. The highest BCUT2D eigenvalue weighted by Crippen LogP contribution is 2.34. The summed E-state index contributed by atoms with van der Waals surface area (Å²) in [6.45, 7) is 2.55. The molecule has 2 N–H and O–H groups in total. The summed E-state index contributed by atoms with van der Waals surface area (Å²) in [7, 11) is 1.79. The van der Waals surface area contributed by atoms with Crippen molar-refractivity contribution in [2.45, 2.75) is 18.9 Å². The van der Waals surface area contributed by atoms with Crippen LogP contribution < -0.4 is 0 Å². The van der Waals surface area contributed by atoms with Crippen LogP contribution in [0.2, 0.25) is 5.02 Å². The lowest BCUT2D eigenvalue weighted by molar-refractivity contribution is 0.0663. The van der Waals surface area contributed by atoms with Gasteiger partial charge in [0.25, 0.3) is 5.91 Å². The number of nitrogens with zero attached hydrogens (tertiary/aromatic N) is 3. The molecule has 2 aliphatic rings. The summed E-state index contributed by atoms with van der Waals surface area (Å²) in [4.78, 5) is 29.9. The Morgan fingerprint density at radius 3 is 2.38 bits per heavy atom. The van der Waals surface area contributed by atoms with Crippen molar-refractivity contribution in [3.8, 4) is 11.5 Å². The summed E-state index contributed by atoms with van der Waals surface area (Å²) in [5.41, 5.74) is 0.241. The largest absolute Gasteiger partial charge is 0.504 e. The second kappa shape index (κ2) is 6.39. The van der Waals surface area contributed by atoms with Gasteiger partial charge in [-0.25, -0.2) is 4.79 Å². The molecule has 2 heterocycles. The Morgan fingerprint density at radius 1 is 1.17 bits per heavy atom. The molecular weight excluding hydrogens is 334 g/mol. The number of phenolic OH excluding ortho intramolecular Hbond substituents is 2. The minimum atomic E-state index is -0.427. The van der Waals surface area contributed by atoms with Crippen molar-refractivity contribution in [3.05, 3.63) is 22.7 Å². The topological polar surface area (TPSA) is 84.3 Å². The molecule has 0 spiro atoms. The van der Waals surface area contributed by atoms with Crippen LogP contribution in [0.1, 0.15) is 23.2 Å². The smallest absolute Gasteiger partial charge is 0.320 e. The average Bonchev–Trinajstić information content (AvgIpc) is 2.91. The average molecular weight is 354 g/mol. The van der Waals surface area contributed by atoms with Gasteiger partial charge < -0.3 is 24.9 Å². The third-order valence-electron chi connectivity index (χ3n) is 4.73. The predicted octanol–water partition coefficient (Wildman–Crippen LogP) is 1.72. The van der Waals surface area contributed by atoms with Gasteiger partial charge in [-0.1, -0.05) is 11.6 Å². The molecule has 24 heavy (non-hydrogen) atoms. The van der Waals surface area contributed by atoms with Gasteiger partial charge in [0.15, 0.2) is 11.5 Å². The van der Waals surface area contributed by atoms with Crippen molar-refractivity contribution < 1.29 is 19.8 Å². The third-order valence-corrected chi connectivity index (χ3v) is 5.02. The van der Waals surface area contributed by atoms with Crippen LogP contribution in [0.3, 0.4) is 0 Å². The van der Waals surface area contributed by atoms with E-state index in [2.05, 4.69) is 0 Å². The van der Waals surface area contributed by atoms with Gasteiger partial charge in [-0.3, -0.25) is 4.79 Å². The molecule has 0 aliphatic carbocycles. The van der Waals surface area contributed by atoms with Crippen molar-refractivity contribution >= 4 is 23.5 Å². The molecule has 0 saturated carbocycles. The van der Waals surface area contributed by atoms with Crippen LogP contribution in [0.5, 0.6) is 11.5 Å². The fourth-order valence-corrected chi connectivity index (χ4v) is 3.49. The molecule has 2 aliphatic heterocycles. The van der Waals surface area contributed by atoms with E-state index in [4.69, 9.17) is 11.6 Å². The second-order valence-electron chi connectivity index (χ2n) is 6.25. The Kier molecular flexibility index (Phi) is 4.45. The Balaban J connectivity index is 1.64. The first kappa shape index (κ1) is 16.7. The van der Waals surface area contributed by atoms with Crippen LogP contribution in [0, 0.1) is 0 Å². The van der Waals surface area contributed by atoms with Crippen LogP contribution in [0.4, 0.5) is 4.79 Å². The molecule has 0 bridgehead atoms. The number of carbonyl (C=O) groups excluding carboxylic acids is 2. The van der Waals surface area contributed by atoms with Crippen molar-refractivity contribution in [2.24, 2.45) is 0 Å². The first-order chi connectivity index (χ1) is 11.4. The Bertz CT molecular complexity index is 650. The molecule has 0 atom stereocenters. The number of urea groups is 1. The van der Waals surface area contributed by atoms with Crippen molar-refractivity contribution in [3.63, 3.8) is 0 Å². The fraction of sp³-hybridized carbons (Fsp3) is 0.500. The lowest BCUT2D eigenvalue weighted by Crippen LogP contribution is -2.47. The number of phenols is 2. The van der Waals surface area contributed by atoms with E-state index in [0.29, 0.717) is 13.1 Å². The molecule has 1 aromatic rings. The lowest BCUT2D eigenvalue weighted by Gasteiger charge is -2.36. The van der Waals surface area contributed by atoms with Gasteiger partial charge in [-0.15, -0.1) is 0 Å². The molecule has 3 rings (SSSR count). The SMILES string of the molecule is CN1CCN(C2CCN(C(=O)c3cc(O)c(O)c(Cl)c3)CC2)C1=O. The number of hydrogen-bond acceptors (Lipinski definition) is 4. The maximum atomic E-state index is 12.5. The highest BCUT2D eigenvalue weighted by molar-refractivity contribution is 6.32. The molecule has 130 valence electrons. The number of benzene rings is 1. The van der Waals surface area contributed by atoms with Gasteiger partial charge in [-0.05, 0) is 25.0 Å². The van der Waals surface area contributed by atoms with Crippen molar-refractivity contribution in [1.29, 1.82) is 0 Å². The first-order valence-corrected chi connectivity index (χ1v) is 8.28. The molecule has 1 aromatic carbocycles. The number of piperidine rings is 1. The number of likely N-dealkylation sites (N-methyl/N-ethyl adjacent to an activating group) is 1. The molecule has 0 unspecified atom stereocenters. The Hall–Kier alpha value is -2.15. The van der Waals surface area contributed by atoms with E-state index in [1.165, 1.54) is 12.1 Å². The first-order valence-electron chi connectivity index (χ1n) is 7.91. The quantitative estimate of drug-likeness (QED) is 0.793. The van der Waals surface area contributed by atoms with Gasteiger partial charge in [0.2, 0.25) is 0 Å². The maximum absolute atomic E-state index is 12.5. The summed E-state index contributed by atoms with van der Waals surface area (Å²) in [6, 6.07) is 2.77. The number of carbonyl (C=O) groups is 2. The normalized spacial score (nSPS) is 19.2. The molecule has 8 heteroatoms. The van der Waals surface area contributed by atoms with Gasteiger partial charge in [0.05, 0.1) is 5.02 Å². The minimum Gasteiger partial charge on any atom is -0.504 e. The highest BCUT2D eigenvalue weighted by atomic mass is 35.5. The Labute approximate surface area is 145 Å². The zero-order valence-electron chi connectivity index (χ0n) is 13.4. The minimum absolute atomic E-state index is 0.0509. The standard InChI is InChI=1S/C16H20ClN3O4/c1-18-6-7-20(16(18)24)11-2-4-19(5-3-11)15(23)10-8-12(17)14(22)13(21)9-10/h8-9,11,21-22H,2-7H2,1H3. The van der Waals surface area contributed by atoms with Gasteiger partial charge in [0.1, 0.15) is 0 Å². The summed E-state index contributed by atoms with van der Waals surface area (Å²) in [5, 5.41) is 19.0. The number of halogens is 1. The second-order valence-corrected chi connectivity index (χ2v) is 6.65. The predicted molar refractivity (Wildman–Crippen MR) is 88.4 cm³/mol. The van der Waals surface area contributed by atoms with E-state index >= 15 is 0 Å². The van der Waals surface area contributed by atoms with E-state index in [9.17, 15) is 19.8 Å². The Morgan fingerprint density at radius 2 is 1.83 bits per heavy atom.